The summed E-state index contributed by atoms with van der Waals surface area (Å²) in [5, 5.41) is 0. The molecule has 2 aromatic rings. The number of nitrogens with zero attached hydrogens (tertiary/aromatic N) is 1. The summed E-state index contributed by atoms with van der Waals surface area (Å²) in [5.74, 6) is -0.271. The molecular weight excluding hydrogens is 407 g/mol. The first-order valence-corrected chi connectivity index (χ1v) is 11.6. The Morgan fingerprint density at radius 3 is 2.30 bits per heavy atom. The van der Waals surface area contributed by atoms with Crippen molar-refractivity contribution in [3.05, 3.63) is 59.4 Å². The van der Waals surface area contributed by atoms with Gasteiger partial charge in [0.05, 0.1) is 17.6 Å². The quantitative estimate of drug-likeness (QED) is 0.748. The molecule has 0 radical (unpaired) electrons. The Hall–Kier alpha value is -2.45. The molecule has 2 aromatic carbocycles. The van der Waals surface area contributed by atoms with E-state index in [0.717, 1.165) is 25.7 Å². The van der Waals surface area contributed by atoms with Crippen LogP contribution in [0.4, 0.5) is 4.39 Å². The Morgan fingerprint density at radius 1 is 1.07 bits per heavy atom. The number of ether oxygens (including phenoxy) is 1. The summed E-state index contributed by atoms with van der Waals surface area (Å²) < 4.78 is 46.9. The third-order valence-electron chi connectivity index (χ3n) is 5.31. The molecule has 8 heteroatoms. The maximum atomic E-state index is 13.1. The molecule has 1 unspecified atom stereocenters. The first-order valence-electron chi connectivity index (χ1n) is 10.1. The fourth-order valence-electron chi connectivity index (χ4n) is 3.59. The summed E-state index contributed by atoms with van der Waals surface area (Å²) >= 11 is 0. The molecule has 0 aromatic heterocycles. The number of hydrogen-bond donors (Lipinski definition) is 1. The van der Waals surface area contributed by atoms with Gasteiger partial charge in [0.25, 0.3) is 5.91 Å². The summed E-state index contributed by atoms with van der Waals surface area (Å²) in [6.07, 6.45) is 4.03. The van der Waals surface area contributed by atoms with Crippen LogP contribution < -0.4 is 9.46 Å². The van der Waals surface area contributed by atoms with Crippen molar-refractivity contribution < 1.29 is 22.3 Å². The van der Waals surface area contributed by atoms with Crippen LogP contribution >= 0.6 is 0 Å². The average molecular weight is 435 g/mol. The lowest BCUT2D eigenvalue weighted by Crippen LogP contribution is -2.32. The van der Waals surface area contributed by atoms with Crippen LogP contribution in [0.3, 0.4) is 0 Å². The van der Waals surface area contributed by atoms with Gasteiger partial charge < -0.3 is 9.64 Å². The maximum Gasteiger partial charge on any atom is 0.257 e. The van der Waals surface area contributed by atoms with E-state index in [1.165, 1.54) is 49.6 Å². The largest absolute Gasteiger partial charge is 0.496 e. The van der Waals surface area contributed by atoms with Gasteiger partial charge in [-0.1, -0.05) is 25.0 Å². The van der Waals surface area contributed by atoms with Gasteiger partial charge in [0.2, 0.25) is 10.0 Å². The van der Waals surface area contributed by atoms with Crippen LogP contribution in [0.25, 0.3) is 0 Å². The highest BCUT2D eigenvalue weighted by molar-refractivity contribution is 7.89. The Kier molecular flexibility index (Phi) is 7.10. The Balaban J connectivity index is 1.86. The lowest BCUT2D eigenvalue weighted by atomic mass is 10.1. The molecule has 1 saturated heterocycles. The number of methoxy groups -OCH3 is 1. The normalized spacial score (nSPS) is 16.0. The van der Waals surface area contributed by atoms with Gasteiger partial charge >= 0.3 is 0 Å². The fourth-order valence-corrected chi connectivity index (χ4v) is 4.84. The summed E-state index contributed by atoms with van der Waals surface area (Å²) in [5.41, 5.74) is 0.867. The zero-order chi connectivity index (χ0) is 21.7. The molecule has 0 spiro atoms. The SMILES string of the molecule is COc1ccc(S(=O)(=O)NC(C)c2ccc(F)cc2)cc1C(=O)N1CCCCCC1. The monoisotopic (exact) mass is 434 g/mol. The van der Waals surface area contributed by atoms with Crippen molar-refractivity contribution in [2.75, 3.05) is 20.2 Å². The third kappa shape index (κ3) is 5.17. The van der Waals surface area contributed by atoms with Crippen LogP contribution in [-0.2, 0) is 10.0 Å². The molecule has 162 valence electrons. The second-order valence-corrected chi connectivity index (χ2v) is 9.18. The van der Waals surface area contributed by atoms with Crippen molar-refractivity contribution in [3.63, 3.8) is 0 Å². The zero-order valence-electron chi connectivity index (χ0n) is 17.2. The highest BCUT2D eigenvalue weighted by Crippen LogP contribution is 2.26. The van der Waals surface area contributed by atoms with Gasteiger partial charge in [-0.25, -0.2) is 17.5 Å². The number of rotatable bonds is 6. The molecule has 1 aliphatic heterocycles. The van der Waals surface area contributed by atoms with Crippen LogP contribution in [-0.4, -0.2) is 39.4 Å². The van der Waals surface area contributed by atoms with Gasteiger partial charge in [-0.2, -0.15) is 0 Å². The molecule has 1 aliphatic rings. The van der Waals surface area contributed by atoms with Gasteiger partial charge in [0, 0.05) is 19.1 Å². The first kappa shape index (κ1) is 22.2. The van der Waals surface area contributed by atoms with E-state index < -0.39 is 16.1 Å². The smallest absolute Gasteiger partial charge is 0.257 e. The molecule has 1 fully saturated rings. The molecule has 0 bridgehead atoms. The minimum absolute atomic E-state index is 0.0181. The Morgan fingerprint density at radius 2 is 1.70 bits per heavy atom. The summed E-state index contributed by atoms with van der Waals surface area (Å²) in [7, 11) is -2.45. The predicted molar refractivity (Wildman–Crippen MR) is 113 cm³/mol. The first-order chi connectivity index (χ1) is 14.3. The van der Waals surface area contributed by atoms with Crippen molar-refractivity contribution in [1.29, 1.82) is 0 Å². The molecule has 6 nitrogen and oxygen atoms in total. The molecule has 0 aliphatic carbocycles. The van der Waals surface area contributed by atoms with E-state index in [2.05, 4.69) is 4.72 Å². The van der Waals surface area contributed by atoms with Gasteiger partial charge in [0.15, 0.2) is 0 Å². The summed E-state index contributed by atoms with van der Waals surface area (Å²) in [4.78, 5) is 14.8. The number of carbonyl (C=O) groups excluding carboxylic acids is 1. The maximum absolute atomic E-state index is 13.1. The van der Waals surface area contributed by atoms with Gasteiger partial charge in [-0.05, 0) is 55.7 Å². The van der Waals surface area contributed by atoms with Crippen molar-refractivity contribution in [2.45, 2.75) is 43.5 Å². The Labute approximate surface area is 177 Å². The molecule has 1 atom stereocenters. The van der Waals surface area contributed by atoms with Crippen LogP contribution in [0, 0.1) is 5.82 Å². The number of sulfonamides is 1. The molecule has 1 heterocycles. The number of benzene rings is 2. The van der Waals surface area contributed by atoms with Gasteiger partial charge in [0.1, 0.15) is 11.6 Å². The second-order valence-electron chi connectivity index (χ2n) is 7.46. The Bertz CT molecular complexity index is 985. The van der Waals surface area contributed by atoms with Crippen molar-refractivity contribution in [3.8, 4) is 5.75 Å². The number of hydrogen-bond acceptors (Lipinski definition) is 4. The van der Waals surface area contributed by atoms with E-state index in [1.54, 1.807) is 11.8 Å². The van der Waals surface area contributed by atoms with Gasteiger partial charge in [-0.15, -0.1) is 0 Å². The zero-order valence-corrected chi connectivity index (χ0v) is 18.0. The molecule has 1 amide bonds. The molecule has 0 saturated carbocycles. The minimum Gasteiger partial charge on any atom is -0.496 e. The van der Waals surface area contributed by atoms with Crippen LogP contribution in [0.1, 0.15) is 54.6 Å². The topological polar surface area (TPSA) is 75.7 Å². The standard InChI is InChI=1S/C22H27FN2O4S/c1-16(17-7-9-18(23)10-8-17)24-30(27,28)19-11-12-21(29-2)20(15-19)22(26)25-13-5-3-4-6-14-25/h7-12,15-16,24H,3-6,13-14H2,1-2H3. The minimum atomic E-state index is -3.91. The highest BCUT2D eigenvalue weighted by atomic mass is 32.2. The lowest BCUT2D eigenvalue weighted by molar-refractivity contribution is 0.0758. The van der Waals surface area contributed by atoms with E-state index in [0.29, 0.717) is 24.4 Å². The fraction of sp³-hybridized carbons (Fsp3) is 0.409. The van der Waals surface area contributed by atoms with Crippen LogP contribution in [0.5, 0.6) is 5.75 Å². The highest BCUT2D eigenvalue weighted by Gasteiger charge is 2.25. The predicted octanol–water partition coefficient (Wildman–Crippen LogP) is 3.89. The van der Waals surface area contributed by atoms with E-state index in [4.69, 9.17) is 4.74 Å². The molecule has 1 N–H and O–H groups in total. The summed E-state index contributed by atoms with van der Waals surface area (Å²) in [6, 6.07) is 9.35. The van der Waals surface area contributed by atoms with Crippen molar-refractivity contribution in [1.82, 2.24) is 9.62 Å². The molecule has 3 rings (SSSR count). The third-order valence-corrected chi connectivity index (χ3v) is 6.85. The summed E-state index contributed by atoms with van der Waals surface area (Å²) in [6.45, 7) is 2.98. The second kappa shape index (κ2) is 9.57. The molecule has 30 heavy (non-hydrogen) atoms. The number of carbonyl (C=O) groups is 1. The van der Waals surface area contributed by atoms with E-state index in [-0.39, 0.29) is 22.2 Å². The van der Waals surface area contributed by atoms with Crippen LogP contribution in [0.2, 0.25) is 0 Å². The van der Waals surface area contributed by atoms with E-state index in [9.17, 15) is 17.6 Å². The van der Waals surface area contributed by atoms with E-state index in [1.807, 2.05) is 0 Å². The van der Waals surface area contributed by atoms with Crippen molar-refractivity contribution in [2.24, 2.45) is 0 Å². The number of amides is 1. The number of halogens is 1. The lowest BCUT2D eigenvalue weighted by Gasteiger charge is -2.22. The van der Waals surface area contributed by atoms with Crippen LogP contribution in [0.15, 0.2) is 47.4 Å². The number of nitrogens with one attached hydrogen (secondary N) is 1. The number of likely N-dealkylation sites (tertiary alicyclic amines) is 1. The van der Waals surface area contributed by atoms with Gasteiger partial charge in [-0.3, -0.25) is 4.79 Å². The molecular formula is C22H27FN2O4S. The average Bonchev–Trinajstić information content (AvgIpc) is 3.02. The van der Waals surface area contributed by atoms with E-state index >= 15 is 0 Å². The van der Waals surface area contributed by atoms with Crippen molar-refractivity contribution >= 4 is 15.9 Å².